The number of nitrogens with zero attached hydrogens (tertiary/aromatic N) is 3. The van der Waals surface area contributed by atoms with Crippen LogP contribution in [0.4, 0.5) is 10.1 Å². The molecule has 170 valence electrons. The summed E-state index contributed by atoms with van der Waals surface area (Å²) in [6, 6.07) is 24.4. The number of amides is 1. The highest BCUT2D eigenvalue weighted by Gasteiger charge is 2.33. The largest absolute Gasteiger partial charge is 0.342 e. The van der Waals surface area contributed by atoms with Crippen LogP contribution in [0, 0.1) is 5.82 Å². The number of thioether (sulfide) groups is 1. The SMILES string of the molecule is CCCN1C(=O)/C(=C\c2cn(Cc3ccc(F)cc3)c3ccccc23)SC1=Nc1ccccc1. The van der Waals surface area contributed by atoms with Gasteiger partial charge in [0, 0.05) is 35.8 Å². The molecule has 3 aromatic carbocycles. The van der Waals surface area contributed by atoms with Gasteiger partial charge in [-0.25, -0.2) is 9.38 Å². The van der Waals surface area contributed by atoms with E-state index in [1.807, 2.05) is 48.5 Å². The Bertz CT molecular complexity index is 1390. The third kappa shape index (κ3) is 4.54. The Balaban J connectivity index is 1.52. The zero-order chi connectivity index (χ0) is 23.5. The van der Waals surface area contributed by atoms with Crippen molar-refractivity contribution in [1.29, 1.82) is 0 Å². The molecule has 0 unspecified atom stereocenters. The zero-order valence-corrected chi connectivity index (χ0v) is 19.6. The molecule has 4 aromatic rings. The highest BCUT2D eigenvalue weighted by Crippen LogP contribution is 2.36. The maximum atomic E-state index is 13.3. The lowest BCUT2D eigenvalue weighted by atomic mass is 10.1. The zero-order valence-electron chi connectivity index (χ0n) is 18.8. The maximum Gasteiger partial charge on any atom is 0.266 e. The molecular weight excluding hydrogens is 445 g/mol. The first-order valence-electron chi connectivity index (χ1n) is 11.3. The summed E-state index contributed by atoms with van der Waals surface area (Å²) in [6.45, 7) is 3.30. The van der Waals surface area contributed by atoms with Crippen LogP contribution in [0.5, 0.6) is 0 Å². The summed E-state index contributed by atoms with van der Waals surface area (Å²) < 4.78 is 15.5. The summed E-state index contributed by atoms with van der Waals surface area (Å²) in [5.41, 5.74) is 3.89. The topological polar surface area (TPSA) is 37.6 Å². The van der Waals surface area contributed by atoms with Crippen LogP contribution in [-0.4, -0.2) is 27.1 Å². The molecule has 1 saturated heterocycles. The highest BCUT2D eigenvalue weighted by atomic mass is 32.2. The first kappa shape index (κ1) is 22.2. The van der Waals surface area contributed by atoms with Crippen molar-refractivity contribution in [2.24, 2.45) is 4.99 Å². The first-order valence-corrected chi connectivity index (χ1v) is 12.1. The molecule has 4 nitrogen and oxygen atoms in total. The van der Waals surface area contributed by atoms with Crippen LogP contribution in [0.25, 0.3) is 17.0 Å². The lowest BCUT2D eigenvalue weighted by molar-refractivity contribution is -0.122. The van der Waals surface area contributed by atoms with Crippen molar-refractivity contribution >= 4 is 45.5 Å². The smallest absolute Gasteiger partial charge is 0.266 e. The third-order valence-corrected chi connectivity index (χ3v) is 6.70. The number of carbonyl (C=O) groups is 1. The van der Waals surface area contributed by atoms with E-state index in [9.17, 15) is 9.18 Å². The van der Waals surface area contributed by atoms with Gasteiger partial charge in [-0.1, -0.05) is 55.5 Å². The molecule has 0 radical (unpaired) electrons. The van der Waals surface area contributed by atoms with Gasteiger partial charge in [-0.2, -0.15) is 0 Å². The molecule has 1 aliphatic rings. The molecule has 0 aliphatic carbocycles. The fourth-order valence-electron chi connectivity index (χ4n) is 4.07. The maximum absolute atomic E-state index is 13.3. The van der Waals surface area contributed by atoms with Gasteiger partial charge in [0.25, 0.3) is 5.91 Å². The molecule has 34 heavy (non-hydrogen) atoms. The molecule has 0 N–H and O–H groups in total. The summed E-state index contributed by atoms with van der Waals surface area (Å²) in [7, 11) is 0. The Morgan fingerprint density at radius 2 is 1.71 bits per heavy atom. The molecule has 2 heterocycles. The average Bonchev–Trinajstić information content (AvgIpc) is 3.34. The summed E-state index contributed by atoms with van der Waals surface area (Å²) in [5.74, 6) is -0.259. The Kier molecular flexibility index (Phi) is 6.32. The fraction of sp³-hybridized carbons (Fsp3) is 0.143. The number of hydrogen-bond donors (Lipinski definition) is 0. The van der Waals surface area contributed by atoms with Gasteiger partial charge >= 0.3 is 0 Å². The number of aromatic nitrogens is 1. The van der Waals surface area contributed by atoms with E-state index in [0.717, 1.165) is 34.1 Å². The van der Waals surface area contributed by atoms with E-state index in [1.165, 1.54) is 23.9 Å². The molecule has 0 atom stereocenters. The number of rotatable bonds is 6. The van der Waals surface area contributed by atoms with E-state index >= 15 is 0 Å². The van der Waals surface area contributed by atoms with Crippen LogP contribution in [0.3, 0.4) is 0 Å². The monoisotopic (exact) mass is 469 g/mol. The Labute approximate surface area is 202 Å². The summed E-state index contributed by atoms with van der Waals surface area (Å²) >= 11 is 1.42. The Morgan fingerprint density at radius 3 is 2.47 bits per heavy atom. The first-order chi connectivity index (χ1) is 16.6. The van der Waals surface area contributed by atoms with Gasteiger partial charge in [0.05, 0.1) is 10.6 Å². The van der Waals surface area contributed by atoms with Gasteiger partial charge in [-0.15, -0.1) is 0 Å². The second-order valence-electron chi connectivity index (χ2n) is 8.15. The van der Waals surface area contributed by atoms with Crippen LogP contribution < -0.4 is 0 Å². The fourth-order valence-corrected chi connectivity index (χ4v) is 5.09. The summed E-state index contributed by atoms with van der Waals surface area (Å²) in [6.07, 6.45) is 4.88. The molecule has 1 amide bonds. The number of para-hydroxylation sites is 2. The number of halogens is 1. The number of benzene rings is 3. The molecule has 1 aromatic heterocycles. The van der Waals surface area contributed by atoms with Crippen molar-refractivity contribution in [1.82, 2.24) is 9.47 Å². The second kappa shape index (κ2) is 9.69. The van der Waals surface area contributed by atoms with Gasteiger partial charge in [0.15, 0.2) is 5.17 Å². The van der Waals surface area contributed by atoms with E-state index in [-0.39, 0.29) is 11.7 Å². The quantitative estimate of drug-likeness (QED) is 0.290. The molecule has 0 saturated carbocycles. The number of aliphatic imine (C=N–C) groups is 1. The van der Waals surface area contributed by atoms with Gasteiger partial charge in [0.1, 0.15) is 5.82 Å². The second-order valence-corrected chi connectivity index (χ2v) is 9.16. The Morgan fingerprint density at radius 1 is 0.971 bits per heavy atom. The van der Waals surface area contributed by atoms with Gasteiger partial charge in [0.2, 0.25) is 0 Å². The Hall–Kier alpha value is -3.64. The van der Waals surface area contributed by atoms with E-state index in [1.54, 1.807) is 17.0 Å². The average molecular weight is 470 g/mol. The van der Waals surface area contributed by atoms with Crippen LogP contribution >= 0.6 is 11.8 Å². The molecule has 0 spiro atoms. The van der Waals surface area contributed by atoms with Crippen molar-refractivity contribution < 1.29 is 9.18 Å². The summed E-state index contributed by atoms with van der Waals surface area (Å²) in [4.78, 5) is 20.4. The van der Waals surface area contributed by atoms with Gasteiger partial charge in [-0.05, 0) is 60.2 Å². The van der Waals surface area contributed by atoms with Gasteiger partial charge < -0.3 is 4.57 Å². The predicted molar refractivity (Wildman–Crippen MR) is 139 cm³/mol. The highest BCUT2D eigenvalue weighted by molar-refractivity contribution is 8.18. The van der Waals surface area contributed by atoms with E-state index in [0.29, 0.717) is 23.2 Å². The lowest BCUT2D eigenvalue weighted by Gasteiger charge is -2.13. The minimum absolute atomic E-state index is 0.0168. The van der Waals surface area contributed by atoms with Crippen LogP contribution in [-0.2, 0) is 11.3 Å². The van der Waals surface area contributed by atoms with Crippen molar-refractivity contribution in [3.8, 4) is 0 Å². The summed E-state index contributed by atoms with van der Waals surface area (Å²) in [5, 5.41) is 1.78. The number of carbonyl (C=O) groups excluding carboxylic acids is 1. The minimum atomic E-state index is -0.243. The molecule has 1 aliphatic heterocycles. The number of hydrogen-bond acceptors (Lipinski definition) is 3. The normalized spacial score (nSPS) is 16.3. The van der Waals surface area contributed by atoms with Crippen molar-refractivity contribution in [3.05, 3.63) is 107 Å². The van der Waals surface area contributed by atoms with Crippen LogP contribution in [0.2, 0.25) is 0 Å². The lowest BCUT2D eigenvalue weighted by Crippen LogP contribution is -2.29. The van der Waals surface area contributed by atoms with E-state index in [4.69, 9.17) is 4.99 Å². The van der Waals surface area contributed by atoms with Crippen molar-refractivity contribution in [2.75, 3.05) is 6.54 Å². The molecule has 5 rings (SSSR count). The van der Waals surface area contributed by atoms with E-state index in [2.05, 4.69) is 29.8 Å². The number of fused-ring (bicyclic) bond motifs is 1. The van der Waals surface area contributed by atoms with Gasteiger partial charge in [-0.3, -0.25) is 9.69 Å². The standard InChI is InChI=1S/C28H24FN3OS/c1-2-16-32-27(33)26(34-28(32)30-23-8-4-3-5-9-23)17-21-19-31(25-11-7-6-10-24(21)25)18-20-12-14-22(29)15-13-20/h3-15,17,19H,2,16,18H2,1H3/b26-17+,30-28?. The van der Waals surface area contributed by atoms with Crippen LogP contribution in [0.15, 0.2) is 95.0 Å². The third-order valence-electron chi connectivity index (χ3n) is 5.69. The number of amidine groups is 1. The predicted octanol–water partition coefficient (Wildman–Crippen LogP) is 6.84. The van der Waals surface area contributed by atoms with Crippen LogP contribution in [0.1, 0.15) is 24.5 Å². The minimum Gasteiger partial charge on any atom is -0.342 e. The van der Waals surface area contributed by atoms with E-state index < -0.39 is 0 Å². The molecule has 0 bridgehead atoms. The van der Waals surface area contributed by atoms with Crippen molar-refractivity contribution in [3.63, 3.8) is 0 Å². The molecule has 1 fully saturated rings. The molecular formula is C28H24FN3OS. The molecule has 6 heteroatoms. The van der Waals surface area contributed by atoms with Crippen molar-refractivity contribution in [2.45, 2.75) is 19.9 Å².